The maximum atomic E-state index is 13.2. The Morgan fingerprint density at radius 1 is 1.06 bits per heavy atom. The number of nitrogens with zero attached hydrogens (tertiary/aromatic N) is 3. The molecule has 0 saturated carbocycles. The minimum absolute atomic E-state index is 0.0000421. The number of rotatable bonds is 6. The lowest BCUT2D eigenvalue weighted by Crippen LogP contribution is -2.46. The van der Waals surface area contributed by atoms with E-state index in [1.165, 1.54) is 16.4 Å². The number of ether oxygens (including phenoxy) is 1. The SMILES string of the molecule is CN(Cc1ccc(N2CCOCC2)cc1)C(=O)C1CCCN1S(=O)(=O)c1ccc(F)cc1. The summed E-state index contributed by atoms with van der Waals surface area (Å²) >= 11 is 0. The monoisotopic (exact) mass is 461 g/mol. The van der Waals surface area contributed by atoms with E-state index in [-0.39, 0.29) is 17.3 Å². The molecule has 2 aliphatic heterocycles. The van der Waals surface area contributed by atoms with Gasteiger partial charge in [0.05, 0.1) is 18.1 Å². The summed E-state index contributed by atoms with van der Waals surface area (Å²) in [4.78, 5) is 17.0. The number of benzene rings is 2. The van der Waals surface area contributed by atoms with Gasteiger partial charge in [0, 0.05) is 38.9 Å². The largest absolute Gasteiger partial charge is 0.378 e. The van der Waals surface area contributed by atoms with Crippen LogP contribution in [-0.4, -0.2) is 69.5 Å². The molecular weight excluding hydrogens is 433 g/mol. The van der Waals surface area contributed by atoms with Gasteiger partial charge >= 0.3 is 0 Å². The third-order valence-electron chi connectivity index (χ3n) is 6.02. The van der Waals surface area contributed by atoms with E-state index >= 15 is 0 Å². The quantitative estimate of drug-likeness (QED) is 0.661. The number of sulfonamides is 1. The molecule has 0 aliphatic carbocycles. The summed E-state index contributed by atoms with van der Waals surface area (Å²) in [5, 5.41) is 0. The standard InChI is InChI=1S/C23H28FN3O4S/c1-25(17-18-4-8-20(9-5-18)26-13-15-31-16-14-26)23(28)22-3-2-12-27(22)32(29,30)21-10-6-19(24)7-11-21/h4-11,22H,2-3,12-17H2,1H3. The molecule has 1 atom stereocenters. The average Bonchev–Trinajstić information content (AvgIpc) is 3.31. The van der Waals surface area contributed by atoms with Gasteiger partial charge in [0.2, 0.25) is 15.9 Å². The second kappa shape index (κ2) is 9.56. The summed E-state index contributed by atoms with van der Waals surface area (Å²) in [5.41, 5.74) is 2.10. The van der Waals surface area contributed by atoms with Crippen LogP contribution in [0.4, 0.5) is 10.1 Å². The highest BCUT2D eigenvalue weighted by Gasteiger charge is 2.40. The molecular formula is C23H28FN3O4S. The summed E-state index contributed by atoms with van der Waals surface area (Å²) in [6, 6.07) is 12.0. The first kappa shape index (κ1) is 22.7. The summed E-state index contributed by atoms with van der Waals surface area (Å²) in [6.45, 7) is 3.83. The molecule has 9 heteroatoms. The van der Waals surface area contributed by atoms with Crippen molar-refractivity contribution < 1.29 is 22.3 Å². The average molecular weight is 462 g/mol. The Morgan fingerprint density at radius 3 is 2.38 bits per heavy atom. The van der Waals surface area contributed by atoms with E-state index in [0.717, 1.165) is 49.7 Å². The van der Waals surface area contributed by atoms with E-state index in [2.05, 4.69) is 4.90 Å². The van der Waals surface area contributed by atoms with Crippen LogP contribution in [-0.2, 0) is 26.1 Å². The predicted molar refractivity (Wildman–Crippen MR) is 119 cm³/mol. The molecule has 0 spiro atoms. The van der Waals surface area contributed by atoms with Crippen LogP contribution >= 0.6 is 0 Å². The number of carbonyl (C=O) groups is 1. The highest BCUT2D eigenvalue weighted by atomic mass is 32.2. The van der Waals surface area contributed by atoms with Crippen LogP contribution in [0.5, 0.6) is 0 Å². The molecule has 172 valence electrons. The topological polar surface area (TPSA) is 70.2 Å². The second-order valence-corrected chi connectivity index (χ2v) is 10.1. The normalized spacial score (nSPS) is 19.8. The van der Waals surface area contributed by atoms with E-state index in [9.17, 15) is 17.6 Å². The molecule has 1 unspecified atom stereocenters. The van der Waals surface area contributed by atoms with Gasteiger partial charge in [0.1, 0.15) is 11.9 Å². The number of morpholine rings is 1. The number of anilines is 1. The van der Waals surface area contributed by atoms with Gasteiger partial charge in [-0.3, -0.25) is 4.79 Å². The van der Waals surface area contributed by atoms with E-state index in [1.807, 2.05) is 24.3 Å². The zero-order chi connectivity index (χ0) is 22.7. The van der Waals surface area contributed by atoms with Gasteiger partial charge in [-0.15, -0.1) is 0 Å². The number of hydrogen-bond acceptors (Lipinski definition) is 5. The molecule has 0 radical (unpaired) electrons. The smallest absolute Gasteiger partial charge is 0.243 e. The van der Waals surface area contributed by atoms with Gasteiger partial charge in [-0.05, 0) is 54.8 Å². The number of amides is 1. The summed E-state index contributed by atoms with van der Waals surface area (Å²) in [7, 11) is -2.18. The van der Waals surface area contributed by atoms with Crippen LogP contribution in [0, 0.1) is 5.82 Å². The van der Waals surface area contributed by atoms with Gasteiger partial charge in [-0.25, -0.2) is 12.8 Å². The summed E-state index contributed by atoms with van der Waals surface area (Å²) < 4.78 is 46.0. The van der Waals surface area contributed by atoms with Crippen molar-refractivity contribution in [2.45, 2.75) is 30.3 Å². The van der Waals surface area contributed by atoms with E-state index in [0.29, 0.717) is 19.4 Å². The van der Waals surface area contributed by atoms with Crippen LogP contribution in [0.1, 0.15) is 18.4 Å². The number of carbonyl (C=O) groups excluding carboxylic acids is 1. The molecule has 2 fully saturated rings. The first-order chi connectivity index (χ1) is 15.4. The lowest BCUT2D eigenvalue weighted by molar-refractivity contribution is -0.133. The molecule has 7 nitrogen and oxygen atoms in total. The molecule has 0 N–H and O–H groups in total. The van der Waals surface area contributed by atoms with Gasteiger partial charge in [-0.1, -0.05) is 12.1 Å². The third-order valence-corrected chi connectivity index (χ3v) is 7.94. The van der Waals surface area contributed by atoms with Crippen molar-refractivity contribution in [1.82, 2.24) is 9.21 Å². The lowest BCUT2D eigenvalue weighted by atomic mass is 10.1. The van der Waals surface area contributed by atoms with E-state index < -0.39 is 21.9 Å². The van der Waals surface area contributed by atoms with Crippen molar-refractivity contribution >= 4 is 21.6 Å². The Bertz CT molecular complexity index is 1040. The molecule has 2 saturated heterocycles. The fourth-order valence-electron chi connectivity index (χ4n) is 4.26. The molecule has 0 aromatic heterocycles. The highest BCUT2D eigenvalue weighted by Crippen LogP contribution is 2.28. The van der Waals surface area contributed by atoms with Gasteiger partial charge in [0.25, 0.3) is 0 Å². The Balaban J connectivity index is 1.43. The first-order valence-electron chi connectivity index (χ1n) is 10.8. The Hall–Kier alpha value is -2.49. The zero-order valence-electron chi connectivity index (χ0n) is 18.1. The maximum absolute atomic E-state index is 13.2. The summed E-state index contributed by atoms with van der Waals surface area (Å²) in [5.74, 6) is -0.734. The molecule has 4 rings (SSSR count). The van der Waals surface area contributed by atoms with Crippen molar-refractivity contribution in [2.24, 2.45) is 0 Å². The lowest BCUT2D eigenvalue weighted by Gasteiger charge is -2.29. The Labute approximate surface area is 188 Å². The summed E-state index contributed by atoms with van der Waals surface area (Å²) in [6.07, 6.45) is 1.08. The zero-order valence-corrected chi connectivity index (χ0v) is 18.9. The van der Waals surface area contributed by atoms with Crippen molar-refractivity contribution in [1.29, 1.82) is 0 Å². The minimum Gasteiger partial charge on any atom is -0.378 e. The van der Waals surface area contributed by atoms with Crippen molar-refractivity contribution in [2.75, 3.05) is 44.8 Å². The van der Waals surface area contributed by atoms with Crippen LogP contribution in [0.15, 0.2) is 53.4 Å². The molecule has 0 bridgehead atoms. The molecule has 1 amide bonds. The number of hydrogen-bond donors (Lipinski definition) is 0. The molecule has 32 heavy (non-hydrogen) atoms. The van der Waals surface area contributed by atoms with Crippen molar-refractivity contribution in [3.05, 3.63) is 59.9 Å². The molecule has 2 aliphatic rings. The van der Waals surface area contributed by atoms with E-state index in [1.54, 1.807) is 11.9 Å². The Kier molecular flexibility index (Phi) is 6.78. The van der Waals surface area contributed by atoms with Crippen LogP contribution in [0.2, 0.25) is 0 Å². The second-order valence-electron chi connectivity index (χ2n) is 8.19. The van der Waals surface area contributed by atoms with Crippen molar-refractivity contribution in [3.8, 4) is 0 Å². The number of likely N-dealkylation sites (N-methyl/N-ethyl adjacent to an activating group) is 1. The van der Waals surface area contributed by atoms with Crippen LogP contribution in [0.25, 0.3) is 0 Å². The maximum Gasteiger partial charge on any atom is 0.243 e. The predicted octanol–water partition coefficient (Wildman–Crippen LogP) is 2.47. The Morgan fingerprint density at radius 2 is 1.72 bits per heavy atom. The van der Waals surface area contributed by atoms with Crippen LogP contribution < -0.4 is 4.90 Å². The molecule has 2 aromatic carbocycles. The highest BCUT2D eigenvalue weighted by molar-refractivity contribution is 7.89. The fourth-order valence-corrected chi connectivity index (χ4v) is 5.91. The van der Waals surface area contributed by atoms with Gasteiger partial charge in [0.15, 0.2) is 0 Å². The third kappa shape index (κ3) is 4.79. The van der Waals surface area contributed by atoms with Crippen molar-refractivity contribution in [3.63, 3.8) is 0 Å². The number of halogens is 1. The molecule has 2 aromatic rings. The molecule has 2 heterocycles. The first-order valence-corrected chi connectivity index (χ1v) is 12.2. The van der Waals surface area contributed by atoms with Gasteiger partial charge in [-0.2, -0.15) is 4.31 Å². The van der Waals surface area contributed by atoms with E-state index in [4.69, 9.17) is 4.74 Å². The van der Waals surface area contributed by atoms with Crippen LogP contribution in [0.3, 0.4) is 0 Å². The minimum atomic E-state index is -3.87. The fraction of sp³-hybridized carbons (Fsp3) is 0.435. The van der Waals surface area contributed by atoms with Gasteiger partial charge < -0.3 is 14.5 Å².